The highest BCUT2D eigenvalue weighted by molar-refractivity contribution is 6.30. The zero-order valence-corrected chi connectivity index (χ0v) is 13.3. The number of rotatable bonds is 4. The van der Waals surface area contributed by atoms with Gasteiger partial charge in [-0.2, -0.15) is 0 Å². The summed E-state index contributed by atoms with van der Waals surface area (Å²) in [6, 6.07) is 14.2. The Morgan fingerprint density at radius 2 is 1.91 bits per heavy atom. The predicted molar refractivity (Wildman–Crippen MR) is 87.8 cm³/mol. The van der Waals surface area contributed by atoms with E-state index < -0.39 is 5.60 Å². The highest BCUT2D eigenvalue weighted by Gasteiger charge is 2.25. The van der Waals surface area contributed by atoms with Gasteiger partial charge in [-0.15, -0.1) is 5.10 Å². The number of hydrogen-bond donors (Lipinski definition) is 2. The van der Waals surface area contributed by atoms with Crippen LogP contribution in [0.3, 0.4) is 0 Å². The van der Waals surface area contributed by atoms with Crippen LogP contribution in [0.1, 0.15) is 18.2 Å². The largest absolute Gasteiger partial charge is 0.506 e. The van der Waals surface area contributed by atoms with Gasteiger partial charge in [-0.25, -0.2) is 4.68 Å². The molecule has 0 spiro atoms. The zero-order valence-electron chi connectivity index (χ0n) is 12.5. The van der Waals surface area contributed by atoms with Crippen LogP contribution in [0.25, 0.3) is 5.69 Å². The van der Waals surface area contributed by atoms with Crippen molar-refractivity contribution in [2.24, 2.45) is 0 Å². The summed E-state index contributed by atoms with van der Waals surface area (Å²) in [5.41, 5.74) is 0.856. The first kappa shape index (κ1) is 15.5. The molecule has 0 amide bonds. The molecule has 1 unspecified atom stereocenters. The maximum atomic E-state index is 10.7. The number of phenolic OH excluding ortho intramolecular Hbond substituents is 1. The van der Waals surface area contributed by atoms with Gasteiger partial charge in [0, 0.05) is 17.5 Å². The van der Waals surface area contributed by atoms with Crippen molar-refractivity contribution < 1.29 is 10.2 Å². The molecule has 3 rings (SSSR count). The van der Waals surface area contributed by atoms with Crippen molar-refractivity contribution in [3.63, 3.8) is 0 Å². The van der Waals surface area contributed by atoms with E-state index in [4.69, 9.17) is 11.6 Å². The fraction of sp³-hybridized carbons (Fsp3) is 0.176. The third-order valence-electron chi connectivity index (χ3n) is 3.65. The van der Waals surface area contributed by atoms with E-state index in [0.29, 0.717) is 22.8 Å². The van der Waals surface area contributed by atoms with Crippen LogP contribution in [-0.4, -0.2) is 25.2 Å². The van der Waals surface area contributed by atoms with Gasteiger partial charge in [0.25, 0.3) is 0 Å². The molecule has 6 heteroatoms. The lowest BCUT2D eigenvalue weighted by atomic mass is 9.91. The third-order valence-corrected chi connectivity index (χ3v) is 3.88. The molecule has 0 bridgehead atoms. The molecule has 1 aromatic heterocycles. The molecule has 0 saturated carbocycles. The first-order valence-corrected chi connectivity index (χ1v) is 7.51. The van der Waals surface area contributed by atoms with Crippen LogP contribution in [0.15, 0.2) is 54.7 Å². The lowest BCUT2D eigenvalue weighted by Crippen LogP contribution is -2.24. The number of benzene rings is 2. The van der Waals surface area contributed by atoms with E-state index in [9.17, 15) is 10.2 Å². The molecule has 1 heterocycles. The lowest BCUT2D eigenvalue weighted by Gasteiger charge is -2.22. The number of halogens is 1. The highest BCUT2D eigenvalue weighted by Crippen LogP contribution is 2.27. The van der Waals surface area contributed by atoms with Crippen LogP contribution in [0.4, 0.5) is 0 Å². The molecule has 0 aliphatic carbocycles. The number of aromatic hydroxyl groups is 1. The normalized spacial score (nSPS) is 13.7. The molecule has 0 saturated heterocycles. The van der Waals surface area contributed by atoms with Crippen molar-refractivity contribution in [1.29, 1.82) is 0 Å². The van der Waals surface area contributed by atoms with E-state index in [1.165, 1.54) is 10.7 Å². The van der Waals surface area contributed by atoms with Gasteiger partial charge < -0.3 is 10.2 Å². The third kappa shape index (κ3) is 3.36. The quantitative estimate of drug-likeness (QED) is 0.771. The minimum Gasteiger partial charge on any atom is -0.506 e. The maximum absolute atomic E-state index is 10.7. The van der Waals surface area contributed by atoms with Crippen molar-refractivity contribution >= 4 is 11.6 Å². The van der Waals surface area contributed by atoms with Crippen LogP contribution in [0.2, 0.25) is 5.02 Å². The average Bonchev–Trinajstić information content (AvgIpc) is 2.95. The molecule has 5 nitrogen and oxygen atoms in total. The Kier molecular flexibility index (Phi) is 4.07. The SMILES string of the molecule is CC(O)(Cc1cn(-c2ccc(Cl)cc2O)nn1)c1ccccc1. The van der Waals surface area contributed by atoms with Gasteiger partial charge in [-0.3, -0.25) is 0 Å². The van der Waals surface area contributed by atoms with E-state index >= 15 is 0 Å². The minimum absolute atomic E-state index is 0.0174. The molecule has 0 fully saturated rings. The Morgan fingerprint density at radius 3 is 2.61 bits per heavy atom. The number of aliphatic hydroxyl groups is 1. The first-order valence-electron chi connectivity index (χ1n) is 7.14. The van der Waals surface area contributed by atoms with E-state index in [1.54, 1.807) is 25.3 Å². The summed E-state index contributed by atoms with van der Waals surface area (Å²) >= 11 is 5.83. The molecule has 0 radical (unpaired) electrons. The second-order valence-corrected chi connectivity index (χ2v) is 6.04. The van der Waals surface area contributed by atoms with Crippen LogP contribution in [-0.2, 0) is 12.0 Å². The van der Waals surface area contributed by atoms with Crippen molar-refractivity contribution in [3.05, 3.63) is 71.0 Å². The Bertz CT molecular complexity index is 816. The second kappa shape index (κ2) is 6.02. The molecule has 0 aliphatic rings. The van der Waals surface area contributed by atoms with Gasteiger partial charge in [0.1, 0.15) is 11.4 Å². The molecule has 2 N–H and O–H groups in total. The molecular weight excluding hydrogens is 314 g/mol. The summed E-state index contributed by atoms with van der Waals surface area (Å²) in [7, 11) is 0. The molecule has 23 heavy (non-hydrogen) atoms. The summed E-state index contributed by atoms with van der Waals surface area (Å²) in [4.78, 5) is 0. The van der Waals surface area contributed by atoms with Crippen LogP contribution in [0.5, 0.6) is 5.75 Å². The predicted octanol–water partition coefficient (Wildman–Crippen LogP) is 3.08. The van der Waals surface area contributed by atoms with Crippen molar-refractivity contribution in [2.75, 3.05) is 0 Å². The van der Waals surface area contributed by atoms with Gasteiger partial charge in [-0.1, -0.05) is 47.1 Å². The summed E-state index contributed by atoms with van der Waals surface area (Å²) in [6.45, 7) is 1.74. The summed E-state index contributed by atoms with van der Waals surface area (Å²) in [5, 5.41) is 29.1. The Hall–Kier alpha value is -2.37. The zero-order chi connectivity index (χ0) is 16.4. The Morgan fingerprint density at radius 1 is 1.17 bits per heavy atom. The lowest BCUT2D eigenvalue weighted by molar-refractivity contribution is 0.0565. The van der Waals surface area contributed by atoms with Gasteiger partial charge in [0.2, 0.25) is 0 Å². The van der Waals surface area contributed by atoms with Gasteiger partial charge in [0.15, 0.2) is 0 Å². The van der Waals surface area contributed by atoms with Crippen LogP contribution < -0.4 is 0 Å². The summed E-state index contributed by atoms with van der Waals surface area (Å²) in [5.74, 6) is 0.0174. The highest BCUT2D eigenvalue weighted by atomic mass is 35.5. The van der Waals surface area contributed by atoms with Gasteiger partial charge >= 0.3 is 0 Å². The molecule has 3 aromatic rings. The van der Waals surface area contributed by atoms with E-state index in [1.807, 2.05) is 30.3 Å². The minimum atomic E-state index is -1.05. The summed E-state index contributed by atoms with van der Waals surface area (Å²) in [6.07, 6.45) is 1.99. The van der Waals surface area contributed by atoms with Gasteiger partial charge in [-0.05, 0) is 24.6 Å². The molecule has 2 aromatic carbocycles. The molecule has 0 aliphatic heterocycles. The van der Waals surface area contributed by atoms with E-state index in [0.717, 1.165) is 5.56 Å². The monoisotopic (exact) mass is 329 g/mol. The van der Waals surface area contributed by atoms with Crippen molar-refractivity contribution in [1.82, 2.24) is 15.0 Å². The van der Waals surface area contributed by atoms with Crippen molar-refractivity contribution in [3.8, 4) is 11.4 Å². The number of hydrogen-bond acceptors (Lipinski definition) is 4. The Labute approximate surface area is 138 Å². The number of phenols is 1. The maximum Gasteiger partial charge on any atom is 0.142 e. The molecular formula is C17H16ClN3O2. The molecule has 118 valence electrons. The number of nitrogens with zero attached hydrogens (tertiary/aromatic N) is 3. The molecule has 1 atom stereocenters. The van der Waals surface area contributed by atoms with Crippen LogP contribution in [0, 0.1) is 0 Å². The van der Waals surface area contributed by atoms with Crippen molar-refractivity contribution in [2.45, 2.75) is 18.9 Å². The van der Waals surface area contributed by atoms with E-state index in [2.05, 4.69) is 10.3 Å². The second-order valence-electron chi connectivity index (χ2n) is 5.60. The standard InChI is InChI=1S/C17H16ClN3O2/c1-17(23,12-5-3-2-4-6-12)10-14-11-21(20-19-14)15-8-7-13(18)9-16(15)22/h2-9,11,22-23H,10H2,1H3. The fourth-order valence-electron chi connectivity index (χ4n) is 2.44. The average molecular weight is 330 g/mol. The number of aromatic nitrogens is 3. The van der Waals surface area contributed by atoms with Crippen LogP contribution >= 0.6 is 11.6 Å². The van der Waals surface area contributed by atoms with Gasteiger partial charge in [0.05, 0.1) is 17.5 Å². The topological polar surface area (TPSA) is 71.2 Å². The summed E-state index contributed by atoms with van der Waals surface area (Å²) < 4.78 is 1.46. The smallest absolute Gasteiger partial charge is 0.142 e. The first-order chi connectivity index (χ1) is 11.0. The van der Waals surface area contributed by atoms with E-state index in [-0.39, 0.29) is 5.75 Å². The Balaban J connectivity index is 1.85. The fourth-order valence-corrected chi connectivity index (χ4v) is 2.61.